The molecular weight excluding hydrogens is 442 g/mol. The molecule has 0 aromatic carbocycles. The summed E-state index contributed by atoms with van der Waals surface area (Å²) < 4.78 is 0. The zero-order valence-electron chi connectivity index (χ0n) is 21.0. The maximum Gasteiger partial charge on any atom is 0.0864 e. The molecule has 0 spiro atoms. The highest BCUT2D eigenvalue weighted by Gasteiger charge is 2.45. The molecule has 5 heteroatoms. The predicted octanol–water partition coefficient (Wildman–Crippen LogP) is 6.97. The van der Waals surface area contributed by atoms with Gasteiger partial charge in [-0.2, -0.15) is 10.2 Å². The Kier molecular flexibility index (Phi) is 9.17. The fourth-order valence-electron chi connectivity index (χ4n) is 7.57. The minimum atomic E-state index is 0.303. The summed E-state index contributed by atoms with van der Waals surface area (Å²) in [5.41, 5.74) is 6.34. The van der Waals surface area contributed by atoms with Gasteiger partial charge in [0.15, 0.2) is 0 Å². The van der Waals surface area contributed by atoms with Crippen molar-refractivity contribution in [3.05, 3.63) is 0 Å². The van der Waals surface area contributed by atoms with E-state index in [9.17, 15) is 0 Å². The van der Waals surface area contributed by atoms with Crippen molar-refractivity contribution in [2.24, 2.45) is 51.5 Å². The quantitative estimate of drug-likeness (QED) is 0.345. The number of thioether (sulfide) groups is 2. The van der Waals surface area contributed by atoms with Crippen LogP contribution < -0.4 is 5.73 Å². The van der Waals surface area contributed by atoms with Crippen LogP contribution in [0.2, 0.25) is 0 Å². The van der Waals surface area contributed by atoms with Crippen LogP contribution in [0.4, 0.5) is 0 Å². The Morgan fingerprint density at radius 3 is 2.27 bits per heavy atom. The topological polar surface area (TPSA) is 50.7 Å². The van der Waals surface area contributed by atoms with Gasteiger partial charge in [0.1, 0.15) is 0 Å². The van der Waals surface area contributed by atoms with Crippen LogP contribution in [0.3, 0.4) is 0 Å². The lowest BCUT2D eigenvalue weighted by atomic mass is 9.63. The Bertz CT molecular complexity index is 805. The monoisotopic (exact) mass is 485 g/mol. The van der Waals surface area contributed by atoms with Crippen molar-refractivity contribution in [1.82, 2.24) is 0 Å². The molecule has 4 fully saturated rings. The van der Waals surface area contributed by atoms with Gasteiger partial charge in [0.25, 0.3) is 0 Å². The molecule has 0 aromatic heterocycles. The van der Waals surface area contributed by atoms with E-state index < -0.39 is 0 Å². The van der Waals surface area contributed by atoms with Gasteiger partial charge in [-0.3, -0.25) is 0 Å². The molecule has 11 unspecified atom stereocenters. The minimum absolute atomic E-state index is 0.303. The van der Waals surface area contributed by atoms with E-state index in [0.717, 1.165) is 29.6 Å². The second kappa shape index (κ2) is 11.9. The normalized spacial score (nSPS) is 45.2. The number of fused-ring (bicyclic) bond motifs is 2. The summed E-state index contributed by atoms with van der Waals surface area (Å²) in [6.45, 7) is 8.79. The summed E-state index contributed by atoms with van der Waals surface area (Å²) in [7, 11) is 0. The summed E-state index contributed by atoms with van der Waals surface area (Å²) in [4.78, 5) is 0. The molecule has 33 heavy (non-hydrogen) atoms. The molecule has 4 aliphatic rings. The third kappa shape index (κ3) is 6.15. The van der Waals surface area contributed by atoms with Crippen LogP contribution in [0.25, 0.3) is 0 Å². The van der Waals surface area contributed by atoms with Gasteiger partial charge >= 0.3 is 0 Å². The van der Waals surface area contributed by atoms with Crippen molar-refractivity contribution in [2.45, 2.75) is 114 Å². The largest absolute Gasteiger partial charge is 0.328 e. The fourth-order valence-corrected chi connectivity index (χ4v) is 9.65. The summed E-state index contributed by atoms with van der Waals surface area (Å²) in [5, 5.41) is 17.9. The molecule has 0 aliphatic heterocycles. The van der Waals surface area contributed by atoms with Crippen LogP contribution in [-0.4, -0.2) is 28.6 Å². The van der Waals surface area contributed by atoms with Gasteiger partial charge in [-0.25, -0.2) is 0 Å². The van der Waals surface area contributed by atoms with Gasteiger partial charge in [0.05, 0.1) is 12.1 Å². The molecule has 0 bridgehead atoms. The minimum Gasteiger partial charge on any atom is -0.328 e. The smallest absolute Gasteiger partial charge is 0.0864 e. The Morgan fingerprint density at radius 2 is 1.48 bits per heavy atom. The average Bonchev–Trinajstić information content (AvgIpc) is 2.80. The summed E-state index contributed by atoms with van der Waals surface area (Å²) >= 11 is 3.68. The molecule has 0 amide bonds. The zero-order chi connectivity index (χ0) is 23.4. The van der Waals surface area contributed by atoms with E-state index >= 15 is 0 Å². The molecule has 4 aliphatic carbocycles. The van der Waals surface area contributed by atoms with Crippen molar-refractivity contribution in [1.29, 1.82) is 0 Å². The van der Waals surface area contributed by atoms with Gasteiger partial charge < -0.3 is 5.73 Å². The molecule has 3 nitrogen and oxygen atoms in total. The molecular formula is C28H43N3S2. The SMILES string of the molecule is CC#CSC1CC(C)C2CCC(N=NC3C(SC#CC)CC4CC(N)CCC4C3C)CC2C1. The van der Waals surface area contributed by atoms with E-state index in [1.807, 2.05) is 37.4 Å². The molecule has 2 N–H and O–H groups in total. The first-order valence-corrected chi connectivity index (χ1v) is 15.1. The highest BCUT2D eigenvalue weighted by atomic mass is 32.2. The van der Waals surface area contributed by atoms with E-state index in [2.05, 4.69) is 36.2 Å². The first-order valence-electron chi connectivity index (χ1n) is 13.3. The number of hydrogen-bond donors (Lipinski definition) is 1. The summed E-state index contributed by atoms with van der Waals surface area (Å²) in [6, 6.07) is 1.10. The molecule has 182 valence electrons. The Morgan fingerprint density at radius 1 is 0.758 bits per heavy atom. The summed E-state index contributed by atoms with van der Waals surface area (Å²) in [5.74, 6) is 10.7. The molecule has 4 rings (SSSR count). The van der Waals surface area contributed by atoms with Crippen molar-refractivity contribution < 1.29 is 0 Å². The molecule has 0 saturated heterocycles. The number of nitrogens with two attached hydrogens (primary N) is 1. The van der Waals surface area contributed by atoms with Crippen LogP contribution in [-0.2, 0) is 0 Å². The first-order chi connectivity index (χ1) is 16.0. The van der Waals surface area contributed by atoms with Gasteiger partial charge in [0.2, 0.25) is 0 Å². The van der Waals surface area contributed by atoms with E-state index in [0.29, 0.717) is 34.5 Å². The lowest BCUT2D eigenvalue weighted by molar-refractivity contribution is 0.0872. The summed E-state index contributed by atoms with van der Waals surface area (Å²) in [6.07, 6.45) is 11.2. The second-order valence-corrected chi connectivity index (χ2v) is 13.4. The number of hydrogen-bond acceptors (Lipinski definition) is 5. The van der Waals surface area contributed by atoms with Crippen molar-refractivity contribution in [3.8, 4) is 22.3 Å². The Hall–Kier alpha value is -0.620. The lowest BCUT2D eigenvalue weighted by Gasteiger charge is -2.47. The van der Waals surface area contributed by atoms with Crippen LogP contribution >= 0.6 is 23.5 Å². The maximum atomic E-state index is 6.34. The average molecular weight is 486 g/mol. The van der Waals surface area contributed by atoms with Crippen molar-refractivity contribution in [2.75, 3.05) is 0 Å². The van der Waals surface area contributed by atoms with E-state index in [4.69, 9.17) is 16.0 Å². The van der Waals surface area contributed by atoms with Crippen LogP contribution in [0, 0.1) is 57.9 Å². The van der Waals surface area contributed by atoms with E-state index in [1.165, 1.54) is 57.8 Å². The highest BCUT2D eigenvalue weighted by molar-refractivity contribution is 8.04. The molecule has 4 saturated carbocycles. The molecule has 0 radical (unpaired) electrons. The molecule has 0 heterocycles. The van der Waals surface area contributed by atoms with E-state index in [-0.39, 0.29) is 0 Å². The van der Waals surface area contributed by atoms with Gasteiger partial charge in [0, 0.05) is 16.5 Å². The van der Waals surface area contributed by atoms with Crippen LogP contribution in [0.5, 0.6) is 0 Å². The number of rotatable bonds is 4. The van der Waals surface area contributed by atoms with Crippen LogP contribution in [0.1, 0.15) is 85.5 Å². The number of azo groups is 1. The Balaban J connectivity index is 1.42. The van der Waals surface area contributed by atoms with Crippen molar-refractivity contribution in [3.63, 3.8) is 0 Å². The zero-order valence-corrected chi connectivity index (χ0v) is 22.6. The van der Waals surface area contributed by atoms with Gasteiger partial charge in [-0.1, -0.05) is 49.2 Å². The van der Waals surface area contributed by atoms with Crippen molar-refractivity contribution >= 4 is 23.5 Å². The maximum absolute atomic E-state index is 6.34. The molecule has 11 atom stereocenters. The second-order valence-electron chi connectivity index (χ2n) is 11.3. The standard InChI is InChI=1S/C28H43N3S2/c1-5-11-32-24-13-18(3)25-10-8-23(15-21(25)16-24)30-31-28-19(4)26-9-7-22(29)14-20(26)17-27(28)33-12-6-2/h18-28H,7-10,13-17,29H2,1-4H3. The Labute approximate surface area is 211 Å². The third-order valence-electron chi connectivity index (χ3n) is 9.16. The highest BCUT2D eigenvalue weighted by Crippen LogP contribution is 2.49. The van der Waals surface area contributed by atoms with Gasteiger partial charge in [-0.15, -0.1) is 0 Å². The lowest BCUT2D eigenvalue weighted by Crippen LogP contribution is -2.47. The third-order valence-corrected chi connectivity index (χ3v) is 11.3. The molecule has 0 aromatic rings. The van der Waals surface area contributed by atoms with Gasteiger partial charge in [-0.05, 0) is 118 Å². The fraction of sp³-hybridized carbons (Fsp3) is 0.857. The first kappa shape index (κ1) is 25.5. The predicted molar refractivity (Wildman–Crippen MR) is 144 cm³/mol. The van der Waals surface area contributed by atoms with E-state index in [1.54, 1.807) is 0 Å². The number of nitrogens with zero attached hydrogens (tertiary/aromatic N) is 2. The van der Waals surface area contributed by atoms with Crippen LogP contribution in [0.15, 0.2) is 10.2 Å².